The summed E-state index contributed by atoms with van der Waals surface area (Å²) in [5.74, 6) is 7.56. The second-order valence-electron chi connectivity index (χ2n) is 8.48. The highest BCUT2D eigenvalue weighted by atomic mass is 16.4. The molecule has 0 saturated heterocycles. The van der Waals surface area contributed by atoms with Gasteiger partial charge in [-0.05, 0) is 26.7 Å². The van der Waals surface area contributed by atoms with Gasteiger partial charge in [-0.3, -0.25) is 9.80 Å². The molecule has 1 rings (SSSR count). The topological polar surface area (TPSA) is 91.3 Å². The van der Waals surface area contributed by atoms with Crippen molar-refractivity contribution in [1.29, 1.82) is 0 Å². The van der Waals surface area contributed by atoms with Crippen LogP contribution in [0.15, 0.2) is 9.98 Å². The van der Waals surface area contributed by atoms with Gasteiger partial charge in [-0.2, -0.15) is 0 Å². The Labute approximate surface area is 179 Å². The molecule has 0 spiro atoms. The Kier molecular flexibility index (Phi) is 15.6. The van der Waals surface area contributed by atoms with Gasteiger partial charge < -0.3 is 5.11 Å². The van der Waals surface area contributed by atoms with E-state index in [4.69, 9.17) is 25.7 Å². The van der Waals surface area contributed by atoms with E-state index in [1.807, 2.05) is 0 Å². The highest BCUT2D eigenvalue weighted by molar-refractivity contribution is 6.01. The molecule has 1 aliphatic heterocycles. The summed E-state index contributed by atoms with van der Waals surface area (Å²) >= 11 is 0. The number of amidine groups is 2. The molecular weight excluding hydrogens is 364 g/mol. The van der Waals surface area contributed by atoms with E-state index in [-0.39, 0.29) is 5.66 Å². The van der Waals surface area contributed by atoms with Crippen molar-refractivity contribution in [3.63, 3.8) is 0 Å². The molecule has 0 fully saturated rings. The summed E-state index contributed by atoms with van der Waals surface area (Å²) in [5, 5.41) is 9.20. The van der Waals surface area contributed by atoms with Crippen molar-refractivity contribution in [3.8, 4) is 0 Å². The molecule has 0 bridgehead atoms. The molecule has 0 saturated carbocycles. The SMILES string of the molecule is CC(=O)O.CCCCCCCCC1=NC(C)(C)N=C(CCCCCCCC)N1N. The fourth-order valence-electron chi connectivity index (χ4n) is 3.39. The highest BCUT2D eigenvalue weighted by Crippen LogP contribution is 2.22. The largest absolute Gasteiger partial charge is 0.481 e. The number of nitrogens with two attached hydrogens (primary N) is 1. The number of aliphatic carboxylic acids is 1. The molecule has 0 aliphatic carbocycles. The molecule has 1 aliphatic rings. The molecule has 0 amide bonds. The molecule has 0 aromatic heterocycles. The van der Waals surface area contributed by atoms with Gasteiger partial charge in [0.25, 0.3) is 5.97 Å². The number of aliphatic imine (C=N–C) groups is 2. The molecule has 3 N–H and O–H groups in total. The van der Waals surface area contributed by atoms with Crippen LogP contribution in [0.5, 0.6) is 0 Å². The van der Waals surface area contributed by atoms with Gasteiger partial charge in [-0.15, -0.1) is 0 Å². The lowest BCUT2D eigenvalue weighted by atomic mass is 10.1. The maximum Gasteiger partial charge on any atom is 0.300 e. The zero-order chi connectivity index (χ0) is 22.1. The van der Waals surface area contributed by atoms with E-state index in [2.05, 4.69) is 27.7 Å². The Balaban J connectivity index is 0.00000178. The van der Waals surface area contributed by atoms with Crippen LogP contribution in [-0.2, 0) is 4.79 Å². The predicted molar refractivity (Wildman–Crippen MR) is 124 cm³/mol. The molecular formula is C23H46N4O2. The lowest BCUT2D eigenvalue weighted by Crippen LogP contribution is -2.47. The molecule has 0 radical (unpaired) electrons. The van der Waals surface area contributed by atoms with E-state index >= 15 is 0 Å². The van der Waals surface area contributed by atoms with E-state index in [1.54, 1.807) is 5.01 Å². The van der Waals surface area contributed by atoms with Crippen LogP contribution in [0, 0.1) is 0 Å². The van der Waals surface area contributed by atoms with Crippen LogP contribution in [0.1, 0.15) is 125 Å². The number of rotatable bonds is 14. The van der Waals surface area contributed by atoms with Gasteiger partial charge in [-0.1, -0.05) is 78.1 Å². The number of carboxylic acid groups (broad SMARTS) is 1. The van der Waals surface area contributed by atoms with Crippen molar-refractivity contribution >= 4 is 17.6 Å². The molecule has 29 heavy (non-hydrogen) atoms. The van der Waals surface area contributed by atoms with E-state index in [9.17, 15) is 0 Å². The summed E-state index contributed by atoms with van der Waals surface area (Å²) in [6.07, 6.45) is 17.5. The first-order chi connectivity index (χ1) is 13.7. The molecule has 6 heteroatoms. The van der Waals surface area contributed by atoms with Gasteiger partial charge in [0.05, 0.1) is 0 Å². The molecule has 0 atom stereocenters. The van der Waals surface area contributed by atoms with E-state index < -0.39 is 5.97 Å². The maximum absolute atomic E-state index is 9.00. The number of hydrogen-bond acceptors (Lipinski definition) is 5. The third kappa shape index (κ3) is 15.1. The van der Waals surface area contributed by atoms with Gasteiger partial charge in [0.15, 0.2) is 0 Å². The van der Waals surface area contributed by atoms with Crippen molar-refractivity contribution in [2.24, 2.45) is 15.8 Å². The molecule has 0 aromatic rings. The molecule has 6 nitrogen and oxygen atoms in total. The monoisotopic (exact) mass is 410 g/mol. The van der Waals surface area contributed by atoms with Crippen LogP contribution in [0.25, 0.3) is 0 Å². The Morgan fingerprint density at radius 2 is 1.14 bits per heavy atom. The Hall–Kier alpha value is -1.43. The Bertz CT molecular complexity index is 461. The first-order valence-electron chi connectivity index (χ1n) is 11.6. The lowest BCUT2D eigenvalue weighted by Gasteiger charge is -2.32. The molecule has 170 valence electrons. The number of carboxylic acids is 1. The normalized spacial score (nSPS) is 15.3. The average Bonchev–Trinajstić information content (AvgIpc) is 2.63. The van der Waals surface area contributed by atoms with Crippen LogP contribution in [0.3, 0.4) is 0 Å². The summed E-state index contributed by atoms with van der Waals surface area (Å²) in [4.78, 5) is 18.6. The summed E-state index contributed by atoms with van der Waals surface area (Å²) in [6, 6.07) is 0. The fraction of sp³-hybridized carbons (Fsp3) is 0.870. The second-order valence-corrected chi connectivity index (χ2v) is 8.48. The van der Waals surface area contributed by atoms with E-state index in [0.717, 1.165) is 31.4 Å². The number of nitrogens with zero attached hydrogens (tertiary/aromatic N) is 3. The van der Waals surface area contributed by atoms with Crippen molar-refractivity contribution in [2.75, 3.05) is 0 Å². The second kappa shape index (κ2) is 16.4. The zero-order valence-corrected chi connectivity index (χ0v) is 19.7. The van der Waals surface area contributed by atoms with Gasteiger partial charge in [0.1, 0.15) is 17.3 Å². The zero-order valence-electron chi connectivity index (χ0n) is 19.7. The molecule has 1 heterocycles. The summed E-state index contributed by atoms with van der Waals surface area (Å²) in [6.45, 7) is 9.77. The minimum Gasteiger partial charge on any atom is -0.481 e. The van der Waals surface area contributed by atoms with Crippen LogP contribution < -0.4 is 5.84 Å². The first kappa shape index (κ1) is 27.6. The van der Waals surface area contributed by atoms with Crippen LogP contribution >= 0.6 is 0 Å². The van der Waals surface area contributed by atoms with E-state index in [1.165, 1.54) is 77.0 Å². The number of hydrogen-bond donors (Lipinski definition) is 2. The summed E-state index contributed by atoms with van der Waals surface area (Å²) in [5.41, 5.74) is -0.356. The third-order valence-electron chi connectivity index (χ3n) is 4.87. The number of carbonyl (C=O) groups is 1. The van der Waals surface area contributed by atoms with E-state index in [0.29, 0.717) is 0 Å². The quantitative estimate of drug-likeness (QED) is 0.259. The van der Waals surface area contributed by atoms with Gasteiger partial charge in [0, 0.05) is 19.8 Å². The Morgan fingerprint density at radius 3 is 1.48 bits per heavy atom. The third-order valence-corrected chi connectivity index (χ3v) is 4.87. The minimum atomic E-state index is -0.833. The average molecular weight is 411 g/mol. The minimum absolute atomic E-state index is 0.356. The van der Waals surface area contributed by atoms with Crippen molar-refractivity contribution in [2.45, 2.75) is 130 Å². The fourth-order valence-corrected chi connectivity index (χ4v) is 3.39. The number of hydrazine groups is 1. The summed E-state index contributed by atoms with van der Waals surface area (Å²) < 4.78 is 0. The number of unbranched alkanes of at least 4 members (excludes halogenated alkanes) is 10. The van der Waals surface area contributed by atoms with Gasteiger partial charge >= 0.3 is 0 Å². The highest BCUT2D eigenvalue weighted by Gasteiger charge is 2.26. The van der Waals surface area contributed by atoms with Gasteiger partial charge in [0.2, 0.25) is 0 Å². The predicted octanol–water partition coefficient (Wildman–Crippen LogP) is 6.30. The molecule has 0 unspecified atom stereocenters. The van der Waals surface area contributed by atoms with Crippen LogP contribution in [0.4, 0.5) is 0 Å². The van der Waals surface area contributed by atoms with Gasteiger partial charge in [-0.25, -0.2) is 15.8 Å². The smallest absolute Gasteiger partial charge is 0.300 e. The first-order valence-corrected chi connectivity index (χ1v) is 11.6. The summed E-state index contributed by atoms with van der Waals surface area (Å²) in [7, 11) is 0. The lowest BCUT2D eigenvalue weighted by molar-refractivity contribution is -0.134. The Morgan fingerprint density at radius 1 is 0.828 bits per heavy atom. The van der Waals surface area contributed by atoms with Crippen LogP contribution in [-0.4, -0.2) is 33.4 Å². The molecule has 0 aromatic carbocycles. The van der Waals surface area contributed by atoms with Crippen molar-refractivity contribution in [1.82, 2.24) is 5.01 Å². The van der Waals surface area contributed by atoms with Crippen molar-refractivity contribution < 1.29 is 9.90 Å². The van der Waals surface area contributed by atoms with Crippen LogP contribution in [0.2, 0.25) is 0 Å². The standard InChI is InChI=1S/C21H42N4.C2H4O2/c1-5-7-9-11-13-15-17-19-23-21(3,4)24-20(25(19)22)18-16-14-12-10-8-6-2;1-2(3)4/h5-18,22H2,1-4H3;1H3,(H,3,4). The van der Waals surface area contributed by atoms with Crippen molar-refractivity contribution in [3.05, 3.63) is 0 Å². The maximum atomic E-state index is 9.00.